The smallest absolute Gasteiger partial charge is 0.379 e. The first-order valence-corrected chi connectivity index (χ1v) is 6.11. The number of hydrogen-bond acceptors (Lipinski definition) is 3. The first kappa shape index (κ1) is 14.4. The zero-order valence-corrected chi connectivity index (χ0v) is 11.9. The summed E-state index contributed by atoms with van der Waals surface area (Å²) in [5.41, 5.74) is 5.53. The Morgan fingerprint density at radius 2 is 1.22 bits per heavy atom. The number of carbonyl (C=O) groups excluding carboxylic acids is 2. The summed E-state index contributed by atoms with van der Waals surface area (Å²) < 4.78 is 4.79. The van der Waals surface area contributed by atoms with Gasteiger partial charge in [0.25, 0.3) is 5.78 Å². The topological polar surface area (TPSA) is 43.4 Å². The van der Waals surface area contributed by atoms with Gasteiger partial charge in [-0.3, -0.25) is 4.79 Å². The van der Waals surface area contributed by atoms with Crippen molar-refractivity contribution in [3.8, 4) is 0 Å². The van der Waals surface area contributed by atoms with E-state index in [1.165, 1.54) is 5.56 Å². The Kier molecular flexibility index (Phi) is 4.28. The number of hydrogen-bond donors (Lipinski definition) is 0. The fourth-order valence-corrected chi connectivity index (χ4v) is 2.14. The molecular weight excluding hydrogens is 228 g/mol. The van der Waals surface area contributed by atoms with Gasteiger partial charge >= 0.3 is 5.97 Å². The largest absolute Gasteiger partial charge is 0.460 e. The summed E-state index contributed by atoms with van der Waals surface area (Å²) in [6.07, 6.45) is 0. The average Bonchev–Trinajstić information content (AvgIpc) is 2.34. The number of Topliss-reactive ketones (excluding diaryl/α,β-unsaturated/α-hetero) is 1. The standard InChI is InChI=1S/C15H20O3/c1-7-18-15(17)14(16)13-11(5)9(3)8(2)10(4)12(13)6/h7H2,1-6H3. The highest BCUT2D eigenvalue weighted by molar-refractivity contribution is 6.41. The van der Waals surface area contributed by atoms with E-state index >= 15 is 0 Å². The van der Waals surface area contributed by atoms with E-state index in [-0.39, 0.29) is 6.61 Å². The van der Waals surface area contributed by atoms with Gasteiger partial charge in [-0.2, -0.15) is 0 Å². The van der Waals surface area contributed by atoms with Gasteiger partial charge in [0, 0.05) is 5.56 Å². The van der Waals surface area contributed by atoms with Crippen LogP contribution in [0.1, 0.15) is 45.1 Å². The van der Waals surface area contributed by atoms with Crippen molar-refractivity contribution in [3.05, 3.63) is 33.4 Å². The van der Waals surface area contributed by atoms with Crippen LogP contribution in [0.15, 0.2) is 0 Å². The summed E-state index contributed by atoms with van der Waals surface area (Å²) in [5, 5.41) is 0. The highest BCUT2D eigenvalue weighted by atomic mass is 16.5. The summed E-state index contributed by atoms with van der Waals surface area (Å²) in [4.78, 5) is 23.7. The molecule has 0 spiro atoms. The van der Waals surface area contributed by atoms with Crippen LogP contribution in [0.25, 0.3) is 0 Å². The van der Waals surface area contributed by atoms with Crippen LogP contribution in [0, 0.1) is 34.6 Å². The van der Waals surface area contributed by atoms with Crippen LogP contribution in [0.3, 0.4) is 0 Å². The molecule has 98 valence electrons. The highest BCUT2D eigenvalue weighted by Gasteiger charge is 2.24. The number of esters is 1. The van der Waals surface area contributed by atoms with E-state index in [1.54, 1.807) is 6.92 Å². The molecule has 3 nitrogen and oxygen atoms in total. The van der Waals surface area contributed by atoms with Gasteiger partial charge in [0.15, 0.2) is 0 Å². The van der Waals surface area contributed by atoms with E-state index in [0.717, 1.165) is 22.3 Å². The lowest BCUT2D eigenvalue weighted by Crippen LogP contribution is -2.21. The monoisotopic (exact) mass is 248 g/mol. The Bertz CT molecular complexity index is 484. The van der Waals surface area contributed by atoms with Gasteiger partial charge in [0.1, 0.15) is 0 Å². The molecule has 0 heterocycles. The van der Waals surface area contributed by atoms with Crippen LogP contribution in [-0.4, -0.2) is 18.4 Å². The second-order valence-electron chi connectivity index (χ2n) is 4.55. The predicted molar refractivity (Wildman–Crippen MR) is 71.1 cm³/mol. The molecule has 0 N–H and O–H groups in total. The lowest BCUT2D eigenvalue weighted by molar-refractivity contribution is -0.137. The molecule has 1 rings (SSSR count). The molecule has 0 saturated heterocycles. The Morgan fingerprint density at radius 3 is 1.61 bits per heavy atom. The van der Waals surface area contributed by atoms with Crippen LogP contribution in [0.2, 0.25) is 0 Å². The number of ether oxygens (including phenoxy) is 1. The van der Waals surface area contributed by atoms with Crippen molar-refractivity contribution in [3.63, 3.8) is 0 Å². The van der Waals surface area contributed by atoms with E-state index in [2.05, 4.69) is 0 Å². The maximum absolute atomic E-state index is 12.1. The van der Waals surface area contributed by atoms with E-state index in [4.69, 9.17) is 4.74 Å². The van der Waals surface area contributed by atoms with Gasteiger partial charge in [0.05, 0.1) is 6.61 Å². The molecule has 1 aromatic rings. The maximum atomic E-state index is 12.1. The molecule has 0 amide bonds. The molecule has 3 heteroatoms. The van der Waals surface area contributed by atoms with Crippen LogP contribution >= 0.6 is 0 Å². The molecule has 0 atom stereocenters. The molecule has 0 unspecified atom stereocenters. The summed E-state index contributed by atoms with van der Waals surface area (Å²) in [7, 11) is 0. The predicted octanol–water partition coefficient (Wildman–Crippen LogP) is 2.97. The summed E-state index contributed by atoms with van der Waals surface area (Å²) in [6.45, 7) is 11.6. The summed E-state index contributed by atoms with van der Waals surface area (Å²) >= 11 is 0. The third-order valence-corrected chi connectivity index (χ3v) is 3.69. The van der Waals surface area contributed by atoms with Crippen molar-refractivity contribution >= 4 is 11.8 Å². The van der Waals surface area contributed by atoms with E-state index < -0.39 is 11.8 Å². The molecule has 0 bridgehead atoms. The molecule has 0 aliphatic heterocycles. The minimum Gasteiger partial charge on any atom is -0.460 e. The van der Waals surface area contributed by atoms with Gasteiger partial charge in [-0.05, 0) is 69.4 Å². The Labute approximate surface area is 108 Å². The lowest BCUT2D eigenvalue weighted by atomic mass is 9.88. The quantitative estimate of drug-likeness (QED) is 0.469. The molecule has 0 aromatic heterocycles. The first-order valence-electron chi connectivity index (χ1n) is 6.11. The van der Waals surface area contributed by atoms with Crippen LogP contribution in [0.5, 0.6) is 0 Å². The molecule has 1 aromatic carbocycles. The molecule has 0 aliphatic rings. The molecule has 0 aliphatic carbocycles. The fourth-order valence-electron chi connectivity index (χ4n) is 2.14. The number of carbonyl (C=O) groups is 2. The molecular formula is C15H20O3. The zero-order chi connectivity index (χ0) is 14.0. The maximum Gasteiger partial charge on any atom is 0.379 e. The highest BCUT2D eigenvalue weighted by Crippen LogP contribution is 2.26. The van der Waals surface area contributed by atoms with E-state index in [0.29, 0.717) is 5.56 Å². The van der Waals surface area contributed by atoms with E-state index in [1.807, 2.05) is 34.6 Å². The SMILES string of the molecule is CCOC(=O)C(=O)c1c(C)c(C)c(C)c(C)c1C. The number of rotatable bonds is 3. The fraction of sp³-hybridized carbons (Fsp3) is 0.467. The summed E-state index contributed by atoms with van der Waals surface area (Å²) in [5.74, 6) is -1.32. The summed E-state index contributed by atoms with van der Waals surface area (Å²) in [6, 6.07) is 0. The second kappa shape index (κ2) is 5.34. The Hall–Kier alpha value is -1.64. The van der Waals surface area contributed by atoms with Gasteiger partial charge in [-0.15, -0.1) is 0 Å². The normalized spacial score (nSPS) is 10.3. The van der Waals surface area contributed by atoms with Gasteiger partial charge in [-0.1, -0.05) is 0 Å². The van der Waals surface area contributed by atoms with Gasteiger partial charge in [0.2, 0.25) is 0 Å². The van der Waals surface area contributed by atoms with Gasteiger partial charge in [-0.25, -0.2) is 4.79 Å². The molecule has 0 radical (unpaired) electrons. The third kappa shape index (κ3) is 2.30. The number of ketones is 1. The zero-order valence-electron chi connectivity index (χ0n) is 11.9. The van der Waals surface area contributed by atoms with Crippen LogP contribution in [-0.2, 0) is 9.53 Å². The Balaban J connectivity index is 3.42. The lowest BCUT2D eigenvalue weighted by Gasteiger charge is -2.17. The number of benzene rings is 1. The average molecular weight is 248 g/mol. The molecule has 0 fully saturated rings. The first-order chi connectivity index (χ1) is 8.32. The van der Waals surface area contributed by atoms with Crippen molar-refractivity contribution in [1.82, 2.24) is 0 Å². The minimum absolute atomic E-state index is 0.215. The van der Waals surface area contributed by atoms with Gasteiger partial charge < -0.3 is 4.74 Å². The van der Waals surface area contributed by atoms with Crippen LogP contribution in [0.4, 0.5) is 0 Å². The van der Waals surface area contributed by atoms with Crippen molar-refractivity contribution < 1.29 is 14.3 Å². The molecule has 18 heavy (non-hydrogen) atoms. The Morgan fingerprint density at radius 1 is 0.833 bits per heavy atom. The minimum atomic E-state index is -0.772. The third-order valence-electron chi connectivity index (χ3n) is 3.69. The van der Waals surface area contributed by atoms with Crippen molar-refractivity contribution in [1.29, 1.82) is 0 Å². The molecule has 0 saturated carbocycles. The van der Waals surface area contributed by atoms with Crippen molar-refractivity contribution in [2.45, 2.75) is 41.5 Å². The van der Waals surface area contributed by atoms with Crippen molar-refractivity contribution in [2.75, 3.05) is 6.61 Å². The van der Waals surface area contributed by atoms with E-state index in [9.17, 15) is 9.59 Å². The van der Waals surface area contributed by atoms with Crippen LogP contribution < -0.4 is 0 Å². The van der Waals surface area contributed by atoms with Crippen molar-refractivity contribution in [2.24, 2.45) is 0 Å². The second-order valence-corrected chi connectivity index (χ2v) is 4.55.